The minimum atomic E-state index is -4.78. The lowest BCUT2D eigenvalue weighted by molar-refractivity contribution is -0.972. The molecule has 0 amide bonds. The number of unbranched alkanes of at least 4 members (excludes halogenated alkanes) is 13. The highest BCUT2D eigenvalue weighted by atomic mass is 32.3. The van der Waals surface area contributed by atoms with E-state index < -0.39 is 22.7 Å². The maximum atomic E-state index is 11.7. The Bertz CT molecular complexity index is 581. The Hall–Kier alpha value is -0.290. The molecule has 0 aliphatic heterocycles. The van der Waals surface area contributed by atoms with E-state index in [0.29, 0.717) is 45.3 Å². The van der Waals surface area contributed by atoms with Crippen LogP contribution in [0.4, 0.5) is 0 Å². The van der Waals surface area contributed by atoms with Gasteiger partial charge in [-0.05, 0) is 19.3 Å². The zero-order valence-corrected chi connectivity index (χ0v) is 24.1. The molecule has 0 aromatic rings. The number of quaternary nitrogens is 1. The van der Waals surface area contributed by atoms with E-state index >= 15 is 0 Å². The third kappa shape index (κ3) is 18.0. The van der Waals surface area contributed by atoms with Gasteiger partial charge < -0.3 is 15.3 Å². The summed E-state index contributed by atoms with van der Waals surface area (Å²) in [4.78, 5) is 0. The van der Waals surface area contributed by atoms with Crippen LogP contribution in [0.1, 0.15) is 129 Å². The molecule has 0 rings (SSSR count). The first-order valence-corrected chi connectivity index (χ1v) is 16.0. The van der Waals surface area contributed by atoms with E-state index in [2.05, 4.69) is 6.92 Å². The maximum absolute atomic E-state index is 11.7. The van der Waals surface area contributed by atoms with Gasteiger partial charge in [0.15, 0.2) is 0 Å². The van der Waals surface area contributed by atoms with Crippen molar-refractivity contribution in [2.45, 2.75) is 142 Å². The van der Waals surface area contributed by atoms with E-state index in [1.165, 1.54) is 70.6 Å². The van der Waals surface area contributed by atoms with E-state index in [9.17, 15) is 28.3 Å². The molecule has 0 heterocycles. The quantitative estimate of drug-likeness (QED) is 0.0479. The lowest BCUT2D eigenvalue weighted by Crippen LogP contribution is -2.63. The Morgan fingerprint density at radius 1 is 0.639 bits per heavy atom. The summed E-state index contributed by atoms with van der Waals surface area (Å²) in [5.74, 6) is 0. The second kappa shape index (κ2) is 22.7. The van der Waals surface area contributed by atoms with Gasteiger partial charge in [-0.15, -0.1) is 0 Å². The SMILES string of the molecule is CCCCCCCCCCCCCCCC[N+](CCCO)(CCCO)C(OS(=O)(=O)O)C(O)CCC. The summed E-state index contributed by atoms with van der Waals surface area (Å²) in [6, 6.07) is 0. The molecule has 2 unspecified atom stereocenters. The Morgan fingerprint density at radius 2 is 1.03 bits per heavy atom. The molecule has 0 saturated carbocycles. The molecule has 4 N–H and O–H groups in total. The Labute approximate surface area is 222 Å². The summed E-state index contributed by atoms with van der Waals surface area (Å²) in [5.41, 5.74) is 0. The van der Waals surface area contributed by atoms with Crippen LogP contribution in [0.2, 0.25) is 0 Å². The molecule has 0 aliphatic carbocycles. The Morgan fingerprint density at radius 3 is 1.39 bits per heavy atom. The standard InChI is InChI=1S/C27H57NO7S/c1-3-5-6-7-8-9-10-11-12-13-14-15-16-17-21-28(22-18-24-29,23-19-25-30)27(26(31)20-4-2)35-36(32,33)34/h26-27,29-31H,3-25H2,1-2H3/p+1. The van der Waals surface area contributed by atoms with Crippen molar-refractivity contribution in [2.75, 3.05) is 32.8 Å². The number of aliphatic hydroxyl groups is 3. The molecule has 0 fully saturated rings. The van der Waals surface area contributed by atoms with E-state index in [4.69, 9.17) is 4.18 Å². The van der Waals surface area contributed by atoms with Crippen molar-refractivity contribution >= 4 is 10.4 Å². The minimum Gasteiger partial charge on any atom is -0.396 e. The van der Waals surface area contributed by atoms with E-state index in [1.807, 2.05) is 6.92 Å². The van der Waals surface area contributed by atoms with Crippen LogP contribution in [-0.4, -0.2) is 78.0 Å². The minimum absolute atomic E-state index is 0.0691. The van der Waals surface area contributed by atoms with Gasteiger partial charge in [-0.1, -0.05) is 97.3 Å². The molecule has 0 radical (unpaired) electrons. The van der Waals surface area contributed by atoms with Crippen LogP contribution in [0, 0.1) is 0 Å². The monoisotopic (exact) mass is 540 g/mol. The molecule has 8 nitrogen and oxygen atoms in total. The lowest BCUT2D eigenvalue weighted by atomic mass is 10.0. The topological polar surface area (TPSA) is 124 Å². The average molecular weight is 541 g/mol. The van der Waals surface area contributed by atoms with Crippen molar-refractivity contribution in [2.24, 2.45) is 0 Å². The summed E-state index contributed by atoms with van der Waals surface area (Å²) in [5, 5.41) is 29.7. The fourth-order valence-corrected chi connectivity index (χ4v) is 5.75. The number of aliphatic hydroxyl groups excluding tert-OH is 3. The largest absolute Gasteiger partial charge is 0.402 e. The van der Waals surface area contributed by atoms with E-state index in [0.717, 1.165) is 19.3 Å². The van der Waals surface area contributed by atoms with Crippen LogP contribution in [0.5, 0.6) is 0 Å². The summed E-state index contributed by atoms with van der Waals surface area (Å²) in [7, 11) is -4.78. The highest BCUT2D eigenvalue weighted by Crippen LogP contribution is 2.26. The van der Waals surface area contributed by atoms with Gasteiger partial charge in [-0.2, -0.15) is 12.6 Å². The van der Waals surface area contributed by atoms with Crippen LogP contribution in [0.15, 0.2) is 0 Å². The second-order valence-corrected chi connectivity index (χ2v) is 11.5. The number of rotatable bonds is 27. The van der Waals surface area contributed by atoms with Gasteiger partial charge in [-0.25, -0.2) is 0 Å². The molecule has 0 bridgehead atoms. The zero-order valence-electron chi connectivity index (χ0n) is 23.3. The average Bonchev–Trinajstić information content (AvgIpc) is 2.83. The molecule has 0 spiro atoms. The molecular weight excluding hydrogens is 482 g/mol. The summed E-state index contributed by atoms with van der Waals surface area (Å²) < 4.78 is 37.9. The van der Waals surface area contributed by atoms with Gasteiger partial charge in [0.25, 0.3) is 0 Å². The first-order valence-electron chi connectivity index (χ1n) is 14.7. The Kier molecular flexibility index (Phi) is 22.5. The van der Waals surface area contributed by atoms with Crippen LogP contribution in [0.3, 0.4) is 0 Å². The van der Waals surface area contributed by atoms with Gasteiger partial charge in [0.1, 0.15) is 6.10 Å². The van der Waals surface area contributed by atoms with E-state index in [1.54, 1.807) is 0 Å². The van der Waals surface area contributed by atoms with Crippen LogP contribution < -0.4 is 0 Å². The number of nitrogens with zero attached hydrogens (tertiary/aromatic N) is 1. The third-order valence-electron chi connectivity index (χ3n) is 7.15. The molecule has 0 aromatic heterocycles. The number of hydrogen-bond acceptors (Lipinski definition) is 6. The summed E-state index contributed by atoms with van der Waals surface area (Å²) >= 11 is 0. The van der Waals surface area contributed by atoms with Crippen molar-refractivity contribution in [3.05, 3.63) is 0 Å². The van der Waals surface area contributed by atoms with Crippen molar-refractivity contribution in [1.82, 2.24) is 0 Å². The smallest absolute Gasteiger partial charge is 0.396 e. The normalized spacial score (nSPS) is 14.3. The Balaban J connectivity index is 4.74. The predicted octanol–water partition coefficient (Wildman–Crippen LogP) is 5.36. The van der Waals surface area contributed by atoms with Crippen molar-refractivity contribution in [3.63, 3.8) is 0 Å². The molecule has 2 atom stereocenters. The van der Waals surface area contributed by atoms with Crippen LogP contribution in [0.25, 0.3) is 0 Å². The first-order chi connectivity index (χ1) is 17.3. The van der Waals surface area contributed by atoms with E-state index in [-0.39, 0.29) is 17.7 Å². The van der Waals surface area contributed by atoms with Crippen molar-refractivity contribution in [1.29, 1.82) is 0 Å². The molecule has 0 aromatic carbocycles. The van der Waals surface area contributed by atoms with Crippen molar-refractivity contribution in [3.8, 4) is 0 Å². The van der Waals surface area contributed by atoms with Crippen LogP contribution >= 0.6 is 0 Å². The van der Waals surface area contributed by atoms with Gasteiger partial charge >= 0.3 is 10.4 Å². The van der Waals surface area contributed by atoms with Gasteiger partial charge in [-0.3, -0.25) is 9.04 Å². The third-order valence-corrected chi connectivity index (χ3v) is 7.59. The molecule has 0 aliphatic rings. The second-order valence-electron chi connectivity index (χ2n) is 10.4. The predicted molar refractivity (Wildman–Crippen MR) is 146 cm³/mol. The highest BCUT2D eigenvalue weighted by Gasteiger charge is 2.44. The van der Waals surface area contributed by atoms with Gasteiger partial charge in [0.2, 0.25) is 6.23 Å². The lowest BCUT2D eigenvalue weighted by Gasteiger charge is -2.45. The molecule has 218 valence electrons. The number of hydrogen-bond donors (Lipinski definition) is 4. The molecule has 0 saturated heterocycles. The highest BCUT2D eigenvalue weighted by molar-refractivity contribution is 7.80. The summed E-state index contributed by atoms with van der Waals surface area (Å²) in [6.45, 7) is 5.35. The molecule has 36 heavy (non-hydrogen) atoms. The zero-order chi connectivity index (χ0) is 27.1. The maximum Gasteiger partial charge on any atom is 0.402 e. The van der Waals surface area contributed by atoms with Crippen molar-refractivity contribution < 1.29 is 37.0 Å². The molecule has 9 heteroatoms. The molecular formula is C27H58NO7S+. The fraction of sp³-hybridized carbons (Fsp3) is 1.00. The van der Waals surface area contributed by atoms with Gasteiger partial charge in [0.05, 0.1) is 19.6 Å². The van der Waals surface area contributed by atoms with Crippen LogP contribution in [-0.2, 0) is 14.6 Å². The first kappa shape index (κ1) is 35.7. The fourth-order valence-electron chi connectivity index (χ4n) is 5.19. The van der Waals surface area contributed by atoms with Gasteiger partial charge in [0, 0.05) is 26.1 Å². The summed E-state index contributed by atoms with van der Waals surface area (Å²) in [6.07, 6.45) is 16.9.